The second kappa shape index (κ2) is 9.02. The van der Waals surface area contributed by atoms with E-state index in [-0.39, 0.29) is 11.1 Å². The third-order valence-electron chi connectivity index (χ3n) is 4.47. The lowest BCUT2D eigenvalue weighted by Crippen LogP contribution is -2.22. The van der Waals surface area contributed by atoms with Crippen molar-refractivity contribution in [1.29, 1.82) is 0 Å². The molecule has 0 unspecified atom stereocenters. The molecule has 31 heavy (non-hydrogen) atoms. The highest BCUT2D eigenvalue weighted by Gasteiger charge is 2.15. The van der Waals surface area contributed by atoms with Crippen LogP contribution in [0.4, 0.5) is 11.5 Å². The van der Waals surface area contributed by atoms with Crippen molar-refractivity contribution in [3.63, 3.8) is 0 Å². The largest absolute Gasteiger partial charge is 0.492 e. The lowest BCUT2D eigenvalue weighted by Gasteiger charge is -2.08. The van der Waals surface area contributed by atoms with Crippen LogP contribution in [0.3, 0.4) is 0 Å². The number of aromatic nitrogens is 1. The van der Waals surface area contributed by atoms with Crippen molar-refractivity contribution >= 4 is 40.0 Å². The van der Waals surface area contributed by atoms with Gasteiger partial charge in [0.1, 0.15) is 28.4 Å². The number of hydrogen-bond donors (Lipinski definition) is 1. The highest BCUT2D eigenvalue weighted by molar-refractivity contribution is 6.31. The van der Waals surface area contributed by atoms with Gasteiger partial charge >= 0.3 is 0 Å². The fourth-order valence-electron chi connectivity index (χ4n) is 3.08. The third-order valence-corrected chi connectivity index (χ3v) is 4.71. The Kier molecular flexibility index (Phi) is 6.00. The van der Waals surface area contributed by atoms with Gasteiger partial charge in [0.15, 0.2) is 0 Å². The number of carbonyl (C=O) groups excluding carboxylic acids is 1. The third kappa shape index (κ3) is 4.75. The summed E-state index contributed by atoms with van der Waals surface area (Å²) in [6.07, 6.45) is 0. The molecule has 0 atom stereocenters. The Morgan fingerprint density at radius 3 is 2.77 bits per heavy atom. The number of aryl methyl sites for hydroxylation is 1. The Balaban J connectivity index is 1.87. The molecule has 2 aromatic carbocycles. The molecule has 0 aliphatic carbocycles. The van der Waals surface area contributed by atoms with Crippen LogP contribution < -0.4 is 15.6 Å². The molecule has 4 rings (SSSR count). The number of nitrogens with one attached hydrogen (secondary N) is 1. The molecule has 0 bridgehead atoms. The number of benzene rings is 2. The van der Waals surface area contributed by atoms with Crippen molar-refractivity contribution in [2.75, 3.05) is 11.9 Å². The van der Waals surface area contributed by atoms with Crippen LogP contribution in [-0.2, 0) is 0 Å². The van der Waals surface area contributed by atoms with Crippen molar-refractivity contribution < 1.29 is 13.9 Å². The van der Waals surface area contributed by atoms with Crippen LogP contribution in [0.15, 0.2) is 76.1 Å². The molecule has 0 aliphatic rings. The van der Waals surface area contributed by atoms with E-state index in [1.165, 1.54) is 0 Å². The van der Waals surface area contributed by atoms with E-state index >= 15 is 0 Å². The summed E-state index contributed by atoms with van der Waals surface area (Å²) in [5.74, 6) is 0.649. The van der Waals surface area contributed by atoms with Crippen LogP contribution in [0, 0.1) is 6.92 Å². The van der Waals surface area contributed by atoms with Gasteiger partial charge in [-0.15, -0.1) is 0 Å². The number of pyridine rings is 1. The Labute approximate surface area is 184 Å². The van der Waals surface area contributed by atoms with Crippen molar-refractivity contribution in [3.05, 3.63) is 88.6 Å². The number of rotatable bonds is 5. The number of hydrogen-bond acceptors (Lipinski definition) is 5. The fraction of sp³-hybridized carbons (Fsp3) is 0.125. The summed E-state index contributed by atoms with van der Waals surface area (Å²) in [5, 5.41) is 4.04. The van der Waals surface area contributed by atoms with Gasteiger partial charge in [0.05, 0.1) is 6.61 Å². The number of carbonyl (C=O) groups is 1. The van der Waals surface area contributed by atoms with Gasteiger partial charge in [0, 0.05) is 16.1 Å². The monoisotopic (exact) mass is 433 g/mol. The normalized spacial score (nSPS) is 11.5. The SMILES string of the molecule is CCOc1ccccc1N=c1oc2ccc(Cl)cc2cc1C(=O)Nc1cccc(C)n1. The van der Waals surface area contributed by atoms with E-state index in [1.807, 2.05) is 44.2 Å². The van der Waals surface area contributed by atoms with Crippen LogP contribution in [0.25, 0.3) is 11.0 Å². The molecular weight excluding hydrogens is 414 g/mol. The molecule has 1 N–H and O–H groups in total. The first kappa shape index (κ1) is 20.6. The molecule has 2 aromatic heterocycles. The first-order valence-electron chi connectivity index (χ1n) is 9.78. The van der Waals surface area contributed by atoms with E-state index < -0.39 is 5.91 Å². The molecule has 0 spiro atoms. The molecule has 0 saturated heterocycles. The predicted molar refractivity (Wildman–Crippen MR) is 121 cm³/mol. The predicted octanol–water partition coefficient (Wildman–Crippen LogP) is 5.67. The van der Waals surface area contributed by atoms with Gasteiger partial charge in [-0.3, -0.25) is 4.79 Å². The fourth-order valence-corrected chi connectivity index (χ4v) is 3.26. The molecule has 7 heteroatoms. The van der Waals surface area contributed by atoms with Crippen molar-refractivity contribution in [1.82, 2.24) is 4.98 Å². The van der Waals surface area contributed by atoms with E-state index in [0.29, 0.717) is 39.9 Å². The van der Waals surface area contributed by atoms with Gasteiger partial charge in [0.2, 0.25) is 5.55 Å². The number of nitrogens with zero attached hydrogens (tertiary/aromatic N) is 2. The van der Waals surface area contributed by atoms with Gasteiger partial charge in [-0.25, -0.2) is 9.98 Å². The van der Waals surface area contributed by atoms with E-state index in [1.54, 1.807) is 36.4 Å². The van der Waals surface area contributed by atoms with E-state index in [0.717, 1.165) is 5.69 Å². The van der Waals surface area contributed by atoms with E-state index in [4.69, 9.17) is 20.8 Å². The van der Waals surface area contributed by atoms with Crippen LogP contribution in [0.5, 0.6) is 5.75 Å². The summed E-state index contributed by atoms with van der Waals surface area (Å²) in [4.78, 5) is 22.1. The quantitative estimate of drug-likeness (QED) is 0.439. The van der Waals surface area contributed by atoms with Gasteiger partial charge in [-0.1, -0.05) is 29.8 Å². The smallest absolute Gasteiger partial charge is 0.262 e. The number of anilines is 1. The van der Waals surface area contributed by atoms with Gasteiger partial charge < -0.3 is 14.5 Å². The number of halogens is 1. The second-order valence-electron chi connectivity index (χ2n) is 6.78. The van der Waals surface area contributed by atoms with Crippen molar-refractivity contribution in [2.45, 2.75) is 13.8 Å². The Bertz CT molecular complexity index is 1330. The zero-order chi connectivity index (χ0) is 21.8. The van der Waals surface area contributed by atoms with Gasteiger partial charge in [-0.2, -0.15) is 0 Å². The zero-order valence-corrected chi connectivity index (χ0v) is 17.8. The average Bonchev–Trinajstić information content (AvgIpc) is 2.75. The molecule has 0 aliphatic heterocycles. The maximum Gasteiger partial charge on any atom is 0.262 e. The average molecular weight is 434 g/mol. The number of ether oxygens (including phenoxy) is 1. The molecule has 1 amide bonds. The topological polar surface area (TPSA) is 76.7 Å². The lowest BCUT2D eigenvalue weighted by atomic mass is 10.1. The van der Waals surface area contributed by atoms with Crippen LogP contribution in [0.1, 0.15) is 23.0 Å². The van der Waals surface area contributed by atoms with Crippen LogP contribution in [0.2, 0.25) is 5.02 Å². The highest BCUT2D eigenvalue weighted by Crippen LogP contribution is 2.27. The minimum absolute atomic E-state index is 0.159. The molecule has 0 fully saturated rings. The molecule has 156 valence electrons. The summed E-state index contributed by atoms with van der Waals surface area (Å²) in [5.41, 5.74) is 2.33. The van der Waals surface area contributed by atoms with Crippen LogP contribution >= 0.6 is 11.6 Å². The standard InChI is InChI=1S/C24H20ClN3O3/c1-3-30-21-9-5-4-8-19(21)27-24-18(14-16-13-17(25)11-12-20(16)31-24)23(29)28-22-10-6-7-15(2)26-22/h4-14H,3H2,1-2H3,(H,26,28,29). The minimum atomic E-state index is -0.392. The zero-order valence-electron chi connectivity index (χ0n) is 17.1. The first-order valence-corrected chi connectivity index (χ1v) is 10.2. The second-order valence-corrected chi connectivity index (χ2v) is 7.21. The Morgan fingerprint density at radius 1 is 1.13 bits per heavy atom. The summed E-state index contributed by atoms with van der Waals surface area (Å²) >= 11 is 6.13. The lowest BCUT2D eigenvalue weighted by molar-refractivity contribution is 0.102. The van der Waals surface area contributed by atoms with Gasteiger partial charge in [0.25, 0.3) is 5.91 Å². The molecule has 4 aromatic rings. The summed E-state index contributed by atoms with van der Waals surface area (Å²) in [6, 6.07) is 19.6. The highest BCUT2D eigenvalue weighted by atomic mass is 35.5. The van der Waals surface area contributed by atoms with Crippen molar-refractivity contribution in [2.24, 2.45) is 4.99 Å². The van der Waals surface area contributed by atoms with E-state index in [2.05, 4.69) is 15.3 Å². The summed E-state index contributed by atoms with van der Waals surface area (Å²) < 4.78 is 11.7. The first-order chi connectivity index (χ1) is 15.0. The molecule has 0 radical (unpaired) electrons. The number of fused-ring (bicyclic) bond motifs is 1. The molecule has 6 nitrogen and oxygen atoms in total. The Hall–Kier alpha value is -3.64. The summed E-state index contributed by atoms with van der Waals surface area (Å²) in [7, 11) is 0. The number of amides is 1. The molecule has 0 saturated carbocycles. The molecular formula is C24H20ClN3O3. The maximum atomic E-state index is 13.1. The molecule has 2 heterocycles. The summed E-state index contributed by atoms with van der Waals surface area (Å²) in [6.45, 7) is 4.25. The maximum absolute atomic E-state index is 13.1. The van der Waals surface area contributed by atoms with Crippen molar-refractivity contribution in [3.8, 4) is 5.75 Å². The number of para-hydroxylation sites is 2. The van der Waals surface area contributed by atoms with E-state index in [9.17, 15) is 4.79 Å². The Morgan fingerprint density at radius 2 is 1.97 bits per heavy atom. The van der Waals surface area contributed by atoms with Gasteiger partial charge in [-0.05, 0) is 62.4 Å². The van der Waals surface area contributed by atoms with Crippen LogP contribution in [-0.4, -0.2) is 17.5 Å². The minimum Gasteiger partial charge on any atom is -0.492 e.